The maximum atomic E-state index is 12.6. The van der Waals surface area contributed by atoms with Gasteiger partial charge in [-0.25, -0.2) is 4.79 Å². The molecule has 1 aromatic heterocycles. The Morgan fingerprint density at radius 2 is 1.96 bits per heavy atom. The molecule has 1 aliphatic rings. The zero-order valence-electron chi connectivity index (χ0n) is 13.4. The number of ether oxygens (including phenoxy) is 1. The number of nitrogens with zero attached hydrogens (tertiary/aromatic N) is 2. The van der Waals surface area contributed by atoms with Crippen LogP contribution in [0, 0.1) is 0 Å². The van der Waals surface area contributed by atoms with Crippen molar-refractivity contribution >= 4 is 16.9 Å². The zero-order chi connectivity index (χ0) is 16.4. The van der Waals surface area contributed by atoms with Crippen LogP contribution >= 0.6 is 0 Å². The zero-order valence-corrected chi connectivity index (χ0v) is 13.4. The summed E-state index contributed by atoms with van der Waals surface area (Å²) in [6.07, 6.45) is 0. The molecule has 122 valence electrons. The maximum absolute atomic E-state index is 12.6. The number of hydrogen-bond donors (Lipinski definition) is 0. The van der Waals surface area contributed by atoms with Crippen molar-refractivity contribution in [1.29, 1.82) is 0 Å². The van der Waals surface area contributed by atoms with E-state index in [0.717, 1.165) is 19.6 Å². The quantitative estimate of drug-likeness (QED) is 0.805. The first-order valence-corrected chi connectivity index (χ1v) is 7.76. The van der Waals surface area contributed by atoms with Crippen LogP contribution in [-0.4, -0.2) is 55.5 Å². The van der Waals surface area contributed by atoms with E-state index in [2.05, 4.69) is 11.8 Å². The number of carbonyl (C=O) groups is 1. The number of carbonyl (C=O) groups excluding carboxylic acids is 1. The molecular weight excluding hydrogens is 296 g/mol. The molecule has 3 rings (SSSR count). The van der Waals surface area contributed by atoms with Crippen LogP contribution in [-0.2, 0) is 0 Å². The minimum atomic E-state index is -0.592. The Morgan fingerprint density at radius 1 is 1.22 bits per heavy atom. The summed E-state index contributed by atoms with van der Waals surface area (Å²) in [7, 11) is 1.57. The van der Waals surface area contributed by atoms with E-state index in [9.17, 15) is 9.59 Å². The summed E-state index contributed by atoms with van der Waals surface area (Å²) in [4.78, 5) is 28.8. The van der Waals surface area contributed by atoms with Gasteiger partial charge in [0.15, 0.2) is 0 Å². The van der Waals surface area contributed by atoms with Crippen LogP contribution in [0.2, 0.25) is 0 Å². The van der Waals surface area contributed by atoms with Gasteiger partial charge in [0.05, 0.1) is 7.11 Å². The van der Waals surface area contributed by atoms with Crippen molar-refractivity contribution in [3.05, 3.63) is 40.2 Å². The number of likely N-dealkylation sites (N-methyl/N-ethyl adjacent to an activating group) is 1. The average Bonchev–Trinajstić information content (AvgIpc) is 2.60. The third-order valence-corrected chi connectivity index (χ3v) is 4.28. The maximum Gasteiger partial charge on any atom is 0.349 e. The smallest absolute Gasteiger partial charge is 0.349 e. The SMILES string of the molecule is CCN1CCN(C(=O)c2cc3cc(OC)ccc3oc2=O)CC1. The first-order valence-electron chi connectivity index (χ1n) is 7.76. The third kappa shape index (κ3) is 3.07. The Balaban J connectivity index is 1.91. The van der Waals surface area contributed by atoms with Crippen molar-refractivity contribution in [2.75, 3.05) is 39.8 Å². The first kappa shape index (κ1) is 15.6. The molecule has 23 heavy (non-hydrogen) atoms. The number of benzene rings is 1. The molecule has 2 aromatic rings. The van der Waals surface area contributed by atoms with Crippen molar-refractivity contribution in [1.82, 2.24) is 9.80 Å². The fourth-order valence-electron chi connectivity index (χ4n) is 2.82. The lowest BCUT2D eigenvalue weighted by atomic mass is 10.1. The average molecular weight is 316 g/mol. The second-order valence-corrected chi connectivity index (χ2v) is 5.58. The summed E-state index contributed by atoms with van der Waals surface area (Å²) in [6.45, 7) is 5.98. The predicted molar refractivity (Wildman–Crippen MR) is 87.1 cm³/mol. The number of rotatable bonds is 3. The highest BCUT2D eigenvalue weighted by atomic mass is 16.5. The summed E-state index contributed by atoms with van der Waals surface area (Å²) < 4.78 is 10.5. The molecule has 6 heteroatoms. The lowest BCUT2D eigenvalue weighted by molar-refractivity contribution is 0.0639. The summed E-state index contributed by atoms with van der Waals surface area (Å²) in [5.74, 6) is 0.389. The van der Waals surface area contributed by atoms with Gasteiger partial charge in [-0.15, -0.1) is 0 Å². The van der Waals surface area contributed by atoms with Gasteiger partial charge in [-0.05, 0) is 30.8 Å². The van der Waals surface area contributed by atoms with E-state index in [4.69, 9.17) is 9.15 Å². The molecule has 0 saturated carbocycles. The predicted octanol–water partition coefficient (Wildman–Crippen LogP) is 1.58. The number of methoxy groups -OCH3 is 1. The molecule has 1 aromatic carbocycles. The summed E-state index contributed by atoms with van der Waals surface area (Å²) in [6, 6.07) is 6.74. The lowest BCUT2D eigenvalue weighted by Crippen LogP contribution is -2.49. The highest BCUT2D eigenvalue weighted by Gasteiger charge is 2.24. The van der Waals surface area contributed by atoms with Gasteiger partial charge in [-0.1, -0.05) is 6.92 Å². The van der Waals surface area contributed by atoms with Gasteiger partial charge in [-0.3, -0.25) is 4.79 Å². The minimum absolute atomic E-state index is 0.0794. The van der Waals surface area contributed by atoms with Crippen molar-refractivity contribution in [2.45, 2.75) is 6.92 Å². The molecule has 6 nitrogen and oxygen atoms in total. The summed E-state index contributed by atoms with van der Waals surface area (Å²) in [5, 5.41) is 0.680. The third-order valence-electron chi connectivity index (χ3n) is 4.28. The van der Waals surface area contributed by atoms with Crippen LogP contribution in [0.3, 0.4) is 0 Å². The molecular formula is C17H20N2O4. The van der Waals surface area contributed by atoms with Gasteiger partial charge in [0.1, 0.15) is 16.9 Å². The van der Waals surface area contributed by atoms with E-state index >= 15 is 0 Å². The van der Waals surface area contributed by atoms with E-state index < -0.39 is 5.63 Å². The van der Waals surface area contributed by atoms with E-state index in [0.29, 0.717) is 29.8 Å². The molecule has 0 radical (unpaired) electrons. The van der Waals surface area contributed by atoms with E-state index in [1.54, 1.807) is 36.3 Å². The molecule has 0 bridgehead atoms. The van der Waals surface area contributed by atoms with Crippen LogP contribution in [0.25, 0.3) is 11.0 Å². The van der Waals surface area contributed by atoms with Gasteiger partial charge in [0, 0.05) is 31.6 Å². The van der Waals surface area contributed by atoms with Gasteiger partial charge < -0.3 is 19.0 Å². The molecule has 2 heterocycles. The highest BCUT2D eigenvalue weighted by Crippen LogP contribution is 2.21. The van der Waals surface area contributed by atoms with E-state index in [1.165, 1.54) is 0 Å². The van der Waals surface area contributed by atoms with Crippen LogP contribution in [0.1, 0.15) is 17.3 Å². The lowest BCUT2D eigenvalue weighted by Gasteiger charge is -2.33. The standard InChI is InChI=1S/C17H20N2O4/c1-3-18-6-8-19(9-7-18)16(20)14-11-12-10-13(22-2)4-5-15(12)23-17(14)21/h4-5,10-11H,3,6-9H2,1-2H3. The van der Waals surface area contributed by atoms with Crippen molar-refractivity contribution in [3.8, 4) is 5.75 Å². The van der Waals surface area contributed by atoms with Crippen LogP contribution in [0.4, 0.5) is 0 Å². The van der Waals surface area contributed by atoms with Gasteiger partial charge in [0.2, 0.25) is 0 Å². The highest BCUT2D eigenvalue weighted by molar-refractivity contribution is 5.96. The van der Waals surface area contributed by atoms with Crippen LogP contribution in [0.15, 0.2) is 33.5 Å². The fraction of sp³-hybridized carbons (Fsp3) is 0.412. The molecule has 0 N–H and O–H groups in total. The van der Waals surface area contributed by atoms with E-state index in [1.807, 2.05) is 0 Å². The Labute approximate surface area is 134 Å². The second kappa shape index (κ2) is 6.42. The number of piperazine rings is 1. The van der Waals surface area contributed by atoms with Gasteiger partial charge in [-0.2, -0.15) is 0 Å². The topological polar surface area (TPSA) is 63.0 Å². The molecule has 0 spiro atoms. The number of amides is 1. The minimum Gasteiger partial charge on any atom is -0.497 e. The van der Waals surface area contributed by atoms with Crippen molar-refractivity contribution in [3.63, 3.8) is 0 Å². The second-order valence-electron chi connectivity index (χ2n) is 5.58. The van der Waals surface area contributed by atoms with Gasteiger partial charge in [0.25, 0.3) is 5.91 Å². The number of hydrogen-bond acceptors (Lipinski definition) is 5. The largest absolute Gasteiger partial charge is 0.497 e. The Kier molecular flexibility index (Phi) is 4.34. The number of fused-ring (bicyclic) bond motifs is 1. The van der Waals surface area contributed by atoms with Crippen LogP contribution < -0.4 is 10.4 Å². The van der Waals surface area contributed by atoms with E-state index in [-0.39, 0.29) is 11.5 Å². The van der Waals surface area contributed by atoms with Crippen molar-refractivity contribution in [2.24, 2.45) is 0 Å². The normalized spacial score (nSPS) is 15.8. The Hall–Kier alpha value is -2.34. The molecule has 1 fully saturated rings. The van der Waals surface area contributed by atoms with Crippen LogP contribution in [0.5, 0.6) is 5.75 Å². The monoisotopic (exact) mass is 316 g/mol. The van der Waals surface area contributed by atoms with Crippen molar-refractivity contribution < 1.29 is 13.9 Å². The molecule has 0 unspecified atom stereocenters. The summed E-state index contributed by atoms with van der Waals surface area (Å²) in [5.41, 5.74) is -0.0653. The Bertz CT molecular complexity index is 776. The molecule has 1 aliphatic heterocycles. The molecule has 0 aliphatic carbocycles. The molecule has 0 atom stereocenters. The van der Waals surface area contributed by atoms with Gasteiger partial charge >= 0.3 is 5.63 Å². The summed E-state index contributed by atoms with van der Waals surface area (Å²) >= 11 is 0. The fourth-order valence-corrected chi connectivity index (χ4v) is 2.82. The molecule has 1 amide bonds. The molecule has 1 saturated heterocycles. The first-order chi connectivity index (χ1) is 11.1. The Morgan fingerprint density at radius 3 is 2.61 bits per heavy atom.